The molecule has 1 aromatic rings. The number of aliphatic hydroxyl groups is 1. The molecule has 0 aromatic heterocycles. The van der Waals surface area contributed by atoms with Crippen LogP contribution in [0.2, 0.25) is 0 Å². The van der Waals surface area contributed by atoms with Gasteiger partial charge in [-0.05, 0) is 49.9 Å². The Labute approximate surface area is 121 Å². The SMILES string of the molecule is C=CCCC(O)CN1CCCC1c1ccc(OC)cc1. The maximum absolute atomic E-state index is 10.1. The molecule has 1 fully saturated rings. The van der Waals surface area contributed by atoms with Crippen LogP contribution in [-0.2, 0) is 0 Å². The highest BCUT2D eigenvalue weighted by molar-refractivity contribution is 5.29. The topological polar surface area (TPSA) is 32.7 Å². The third kappa shape index (κ3) is 3.84. The fraction of sp³-hybridized carbons (Fsp3) is 0.529. The minimum Gasteiger partial charge on any atom is -0.497 e. The maximum Gasteiger partial charge on any atom is 0.118 e. The quantitative estimate of drug-likeness (QED) is 0.776. The average molecular weight is 275 g/mol. The van der Waals surface area contributed by atoms with Gasteiger partial charge in [-0.2, -0.15) is 0 Å². The summed E-state index contributed by atoms with van der Waals surface area (Å²) < 4.78 is 5.20. The second kappa shape index (κ2) is 7.46. The van der Waals surface area contributed by atoms with Crippen molar-refractivity contribution >= 4 is 0 Å². The number of ether oxygens (including phenoxy) is 1. The largest absolute Gasteiger partial charge is 0.497 e. The molecule has 0 amide bonds. The van der Waals surface area contributed by atoms with Crippen molar-refractivity contribution in [2.24, 2.45) is 0 Å². The highest BCUT2D eigenvalue weighted by Gasteiger charge is 2.27. The number of β-amino-alcohol motifs (C(OH)–C–C–N with tert-alkyl or cyclic N) is 1. The molecule has 0 bridgehead atoms. The zero-order valence-corrected chi connectivity index (χ0v) is 12.3. The molecule has 1 aromatic carbocycles. The van der Waals surface area contributed by atoms with Crippen LogP contribution in [0.25, 0.3) is 0 Å². The van der Waals surface area contributed by atoms with E-state index in [-0.39, 0.29) is 6.10 Å². The van der Waals surface area contributed by atoms with E-state index in [0.29, 0.717) is 6.04 Å². The first-order valence-electron chi connectivity index (χ1n) is 7.41. The van der Waals surface area contributed by atoms with Crippen molar-refractivity contribution in [2.75, 3.05) is 20.2 Å². The molecule has 0 saturated carbocycles. The Kier molecular flexibility index (Phi) is 5.62. The summed E-state index contributed by atoms with van der Waals surface area (Å²) in [6.45, 7) is 5.53. The fourth-order valence-corrected chi connectivity index (χ4v) is 2.92. The van der Waals surface area contributed by atoms with Crippen molar-refractivity contribution in [3.05, 3.63) is 42.5 Å². The van der Waals surface area contributed by atoms with Crippen LogP contribution in [0.5, 0.6) is 5.75 Å². The molecule has 110 valence electrons. The number of hydrogen-bond donors (Lipinski definition) is 1. The van der Waals surface area contributed by atoms with Gasteiger partial charge in [-0.3, -0.25) is 4.90 Å². The lowest BCUT2D eigenvalue weighted by Crippen LogP contribution is -2.32. The molecule has 0 spiro atoms. The van der Waals surface area contributed by atoms with Gasteiger partial charge in [0.25, 0.3) is 0 Å². The zero-order valence-electron chi connectivity index (χ0n) is 12.3. The smallest absolute Gasteiger partial charge is 0.118 e. The lowest BCUT2D eigenvalue weighted by Gasteiger charge is -2.27. The van der Waals surface area contributed by atoms with Gasteiger partial charge in [0.05, 0.1) is 13.2 Å². The van der Waals surface area contributed by atoms with E-state index in [1.807, 2.05) is 18.2 Å². The van der Waals surface area contributed by atoms with Gasteiger partial charge in [0, 0.05) is 12.6 Å². The van der Waals surface area contributed by atoms with Crippen molar-refractivity contribution < 1.29 is 9.84 Å². The second-order valence-corrected chi connectivity index (χ2v) is 5.45. The summed E-state index contributed by atoms with van der Waals surface area (Å²) in [6.07, 6.45) is 5.66. The Hall–Kier alpha value is -1.32. The monoisotopic (exact) mass is 275 g/mol. The first kappa shape index (κ1) is 15.1. The minimum atomic E-state index is -0.258. The minimum absolute atomic E-state index is 0.258. The van der Waals surface area contributed by atoms with Gasteiger partial charge < -0.3 is 9.84 Å². The van der Waals surface area contributed by atoms with Gasteiger partial charge in [-0.15, -0.1) is 6.58 Å². The second-order valence-electron chi connectivity index (χ2n) is 5.45. The van der Waals surface area contributed by atoms with E-state index in [2.05, 4.69) is 23.6 Å². The third-order valence-electron chi connectivity index (χ3n) is 4.01. The van der Waals surface area contributed by atoms with E-state index in [0.717, 1.165) is 31.7 Å². The number of benzene rings is 1. The van der Waals surface area contributed by atoms with E-state index < -0.39 is 0 Å². The number of hydrogen-bond acceptors (Lipinski definition) is 3. The third-order valence-corrected chi connectivity index (χ3v) is 4.01. The number of rotatable bonds is 7. The normalized spacial score (nSPS) is 20.8. The van der Waals surface area contributed by atoms with Crippen molar-refractivity contribution in [3.8, 4) is 5.75 Å². The fourth-order valence-electron chi connectivity index (χ4n) is 2.92. The molecule has 2 atom stereocenters. The van der Waals surface area contributed by atoms with E-state index in [1.54, 1.807) is 7.11 Å². The summed E-state index contributed by atoms with van der Waals surface area (Å²) >= 11 is 0. The maximum atomic E-state index is 10.1. The Balaban J connectivity index is 1.97. The molecule has 0 aliphatic carbocycles. The first-order chi connectivity index (χ1) is 9.74. The van der Waals surface area contributed by atoms with Crippen LogP contribution in [0.4, 0.5) is 0 Å². The molecule has 3 nitrogen and oxygen atoms in total. The number of methoxy groups -OCH3 is 1. The number of nitrogens with zero attached hydrogens (tertiary/aromatic N) is 1. The van der Waals surface area contributed by atoms with Gasteiger partial charge in [-0.25, -0.2) is 0 Å². The molecule has 0 radical (unpaired) electrons. The standard InChI is InChI=1S/C17H25NO2/c1-3-4-6-15(19)13-18-12-5-7-17(18)14-8-10-16(20-2)11-9-14/h3,8-11,15,17,19H,1,4-7,12-13H2,2H3. The lowest BCUT2D eigenvalue weighted by molar-refractivity contribution is 0.0996. The van der Waals surface area contributed by atoms with Crippen molar-refractivity contribution in [1.29, 1.82) is 0 Å². The van der Waals surface area contributed by atoms with E-state index in [1.165, 1.54) is 18.4 Å². The molecule has 20 heavy (non-hydrogen) atoms. The Morgan fingerprint density at radius 2 is 2.20 bits per heavy atom. The predicted molar refractivity (Wildman–Crippen MR) is 82.0 cm³/mol. The summed E-state index contributed by atoms with van der Waals surface area (Å²) in [5.41, 5.74) is 1.32. The van der Waals surface area contributed by atoms with Crippen LogP contribution < -0.4 is 4.74 Å². The summed E-state index contributed by atoms with van der Waals surface area (Å²) in [7, 11) is 1.69. The molecule has 1 N–H and O–H groups in total. The molecular weight excluding hydrogens is 250 g/mol. The van der Waals surface area contributed by atoms with Crippen LogP contribution in [0.3, 0.4) is 0 Å². The Bertz CT molecular complexity index is 416. The molecular formula is C17H25NO2. The lowest BCUT2D eigenvalue weighted by atomic mass is 10.0. The molecule has 1 heterocycles. The van der Waals surface area contributed by atoms with Crippen molar-refractivity contribution in [1.82, 2.24) is 4.90 Å². The van der Waals surface area contributed by atoms with Gasteiger partial charge in [-0.1, -0.05) is 18.2 Å². The molecule has 3 heteroatoms. The van der Waals surface area contributed by atoms with Gasteiger partial charge in [0.2, 0.25) is 0 Å². The molecule has 1 saturated heterocycles. The molecule has 2 rings (SSSR count). The van der Waals surface area contributed by atoms with Gasteiger partial charge in [0.1, 0.15) is 5.75 Å². The van der Waals surface area contributed by atoms with Crippen molar-refractivity contribution in [3.63, 3.8) is 0 Å². The zero-order chi connectivity index (χ0) is 14.4. The van der Waals surface area contributed by atoms with E-state index in [4.69, 9.17) is 4.74 Å². The van der Waals surface area contributed by atoms with Crippen LogP contribution in [0.15, 0.2) is 36.9 Å². The molecule has 1 aliphatic heterocycles. The van der Waals surface area contributed by atoms with Crippen LogP contribution in [0.1, 0.15) is 37.3 Å². The van der Waals surface area contributed by atoms with E-state index in [9.17, 15) is 5.11 Å². The first-order valence-corrected chi connectivity index (χ1v) is 7.41. The summed E-state index contributed by atoms with van der Waals surface area (Å²) in [6, 6.07) is 8.73. The average Bonchev–Trinajstić information content (AvgIpc) is 2.93. The Morgan fingerprint density at radius 3 is 2.85 bits per heavy atom. The Morgan fingerprint density at radius 1 is 1.45 bits per heavy atom. The van der Waals surface area contributed by atoms with Crippen molar-refractivity contribution in [2.45, 2.75) is 37.8 Å². The van der Waals surface area contributed by atoms with E-state index >= 15 is 0 Å². The van der Waals surface area contributed by atoms with Gasteiger partial charge in [0.15, 0.2) is 0 Å². The number of likely N-dealkylation sites (tertiary alicyclic amines) is 1. The number of aliphatic hydroxyl groups excluding tert-OH is 1. The number of allylic oxidation sites excluding steroid dienone is 1. The molecule has 2 unspecified atom stereocenters. The highest BCUT2D eigenvalue weighted by Crippen LogP contribution is 2.32. The van der Waals surface area contributed by atoms with Crippen LogP contribution >= 0.6 is 0 Å². The van der Waals surface area contributed by atoms with Crippen LogP contribution in [0, 0.1) is 0 Å². The highest BCUT2D eigenvalue weighted by atomic mass is 16.5. The predicted octanol–water partition coefficient (Wildman–Crippen LogP) is 3.16. The summed E-state index contributed by atoms with van der Waals surface area (Å²) in [4.78, 5) is 2.40. The molecule has 1 aliphatic rings. The van der Waals surface area contributed by atoms with Crippen LogP contribution in [-0.4, -0.2) is 36.3 Å². The van der Waals surface area contributed by atoms with Gasteiger partial charge >= 0.3 is 0 Å². The summed E-state index contributed by atoms with van der Waals surface area (Å²) in [5.74, 6) is 0.893. The summed E-state index contributed by atoms with van der Waals surface area (Å²) in [5, 5.41) is 10.1.